The van der Waals surface area contributed by atoms with Crippen LogP contribution < -0.4 is 5.32 Å². The van der Waals surface area contributed by atoms with E-state index in [9.17, 15) is 4.79 Å². The Bertz CT molecular complexity index is 404. The molecule has 1 fully saturated rings. The van der Waals surface area contributed by atoms with Crippen LogP contribution in [0, 0.1) is 6.92 Å². The predicted octanol–water partition coefficient (Wildman–Crippen LogP) is 0.584. The Kier molecular flexibility index (Phi) is 4.54. The molecule has 6 heteroatoms. The molecule has 0 aromatic carbocycles. The number of hydrogen-bond donors (Lipinski definition) is 1. The molecule has 0 unspecified atom stereocenters. The van der Waals surface area contributed by atoms with Crippen LogP contribution in [0.4, 0.5) is 0 Å². The Morgan fingerprint density at radius 1 is 1.59 bits per heavy atom. The van der Waals surface area contributed by atoms with Crippen molar-refractivity contribution in [1.29, 1.82) is 0 Å². The lowest BCUT2D eigenvalue weighted by Gasteiger charge is -2.31. The van der Waals surface area contributed by atoms with E-state index in [1.807, 2.05) is 18.9 Å². The summed E-state index contributed by atoms with van der Waals surface area (Å²) >= 11 is 0. The second-order valence-corrected chi connectivity index (χ2v) is 4.41. The predicted molar refractivity (Wildman–Crippen MR) is 68.6 cm³/mol. The lowest BCUT2D eigenvalue weighted by Crippen LogP contribution is -2.51. The number of rotatable bonds is 1. The second-order valence-electron chi connectivity index (χ2n) is 4.41. The largest absolute Gasteiger partial charge is 0.336 e. The Morgan fingerprint density at radius 2 is 2.29 bits per heavy atom. The molecule has 0 saturated carbocycles. The molecule has 1 saturated heterocycles. The Hall–Kier alpha value is -1.07. The van der Waals surface area contributed by atoms with Gasteiger partial charge in [0.25, 0.3) is 5.91 Å². The fourth-order valence-electron chi connectivity index (χ4n) is 2.10. The Balaban J connectivity index is 0.00000144. The van der Waals surface area contributed by atoms with Crippen LogP contribution >= 0.6 is 12.4 Å². The molecule has 2 rings (SSSR count). The third kappa shape index (κ3) is 2.98. The van der Waals surface area contributed by atoms with Crippen molar-refractivity contribution < 1.29 is 4.79 Å². The minimum atomic E-state index is 0. The number of piperazine rings is 1. The number of halogens is 1. The molecule has 0 radical (unpaired) electrons. The fraction of sp³-hybridized carbons (Fsp3) is 0.636. The van der Waals surface area contributed by atoms with E-state index in [0.29, 0.717) is 6.04 Å². The van der Waals surface area contributed by atoms with Crippen molar-refractivity contribution in [1.82, 2.24) is 20.0 Å². The van der Waals surface area contributed by atoms with Gasteiger partial charge in [0.05, 0.1) is 11.3 Å². The molecule has 1 N–H and O–H groups in total. The normalized spacial score (nSPS) is 19.9. The van der Waals surface area contributed by atoms with Crippen molar-refractivity contribution in [2.24, 2.45) is 7.05 Å². The Morgan fingerprint density at radius 3 is 2.82 bits per heavy atom. The molecule has 1 atom stereocenters. The van der Waals surface area contributed by atoms with Gasteiger partial charge < -0.3 is 10.2 Å². The zero-order chi connectivity index (χ0) is 11.7. The van der Waals surface area contributed by atoms with Crippen LogP contribution in [0.25, 0.3) is 0 Å². The van der Waals surface area contributed by atoms with E-state index in [0.717, 1.165) is 30.9 Å². The molecule has 1 amide bonds. The fourth-order valence-corrected chi connectivity index (χ4v) is 2.10. The molecule has 0 spiro atoms. The van der Waals surface area contributed by atoms with Crippen molar-refractivity contribution in [3.63, 3.8) is 0 Å². The molecule has 1 aromatic rings. The molecular formula is C11H19ClN4O. The van der Waals surface area contributed by atoms with Gasteiger partial charge in [0.1, 0.15) is 0 Å². The lowest BCUT2D eigenvalue weighted by molar-refractivity contribution is 0.0708. The number of carbonyl (C=O) groups excluding carboxylic acids is 1. The third-order valence-corrected chi connectivity index (χ3v) is 2.90. The molecule has 96 valence electrons. The van der Waals surface area contributed by atoms with E-state index in [2.05, 4.69) is 17.3 Å². The summed E-state index contributed by atoms with van der Waals surface area (Å²) < 4.78 is 1.69. The van der Waals surface area contributed by atoms with Crippen molar-refractivity contribution in [3.8, 4) is 0 Å². The van der Waals surface area contributed by atoms with Crippen LogP contribution in [-0.2, 0) is 7.05 Å². The molecule has 2 heterocycles. The maximum absolute atomic E-state index is 12.2. The van der Waals surface area contributed by atoms with Gasteiger partial charge >= 0.3 is 0 Å². The summed E-state index contributed by atoms with van der Waals surface area (Å²) in [6.45, 7) is 6.38. The highest BCUT2D eigenvalue weighted by Gasteiger charge is 2.23. The average molecular weight is 259 g/mol. The smallest absolute Gasteiger partial charge is 0.257 e. The summed E-state index contributed by atoms with van der Waals surface area (Å²) in [5.41, 5.74) is 1.52. The van der Waals surface area contributed by atoms with Gasteiger partial charge in [-0.25, -0.2) is 0 Å². The number of aryl methyl sites for hydroxylation is 2. The van der Waals surface area contributed by atoms with Crippen LogP contribution in [0.3, 0.4) is 0 Å². The summed E-state index contributed by atoms with van der Waals surface area (Å²) in [6, 6.07) is 0.370. The van der Waals surface area contributed by atoms with E-state index >= 15 is 0 Å². The maximum Gasteiger partial charge on any atom is 0.257 e. The minimum absolute atomic E-state index is 0. The van der Waals surface area contributed by atoms with Crippen molar-refractivity contribution in [2.45, 2.75) is 19.9 Å². The lowest BCUT2D eigenvalue weighted by atomic mass is 10.2. The van der Waals surface area contributed by atoms with Crippen LogP contribution in [0.1, 0.15) is 23.0 Å². The van der Waals surface area contributed by atoms with Gasteiger partial charge in [-0.1, -0.05) is 0 Å². The molecule has 0 bridgehead atoms. The summed E-state index contributed by atoms with van der Waals surface area (Å²) in [5.74, 6) is 0.0963. The first-order chi connectivity index (χ1) is 7.58. The first kappa shape index (κ1) is 14.0. The number of nitrogens with zero attached hydrogens (tertiary/aromatic N) is 3. The first-order valence-electron chi connectivity index (χ1n) is 5.61. The summed E-state index contributed by atoms with van der Waals surface area (Å²) in [5, 5.41) is 7.52. The van der Waals surface area contributed by atoms with Crippen LogP contribution in [-0.4, -0.2) is 46.3 Å². The summed E-state index contributed by atoms with van der Waals surface area (Å²) in [4.78, 5) is 14.1. The van der Waals surface area contributed by atoms with E-state index in [-0.39, 0.29) is 18.3 Å². The first-order valence-corrected chi connectivity index (χ1v) is 5.61. The van der Waals surface area contributed by atoms with Crippen LogP contribution in [0.5, 0.6) is 0 Å². The molecular weight excluding hydrogens is 240 g/mol. The highest BCUT2D eigenvalue weighted by molar-refractivity contribution is 5.95. The summed E-state index contributed by atoms with van der Waals surface area (Å²) in [6.07, 6.45) is 1.80. The van der Waals surface area contributed by atoms with Crippen LogP contribution in [0.2, 0.25) is 0 Å². The van der Waals surface area contributed by atoms with E-state index < -0.39 is 0 Å². The number of carbonyl (C=O) groups is 1. The van der Waals surface area contributed by atoms with E-state index in [4.69, 9.17) is 0 Å². The molecule has 0 aliphatic carbocycles. The molecule has 5 nitrogen and oxygen atoms in total. The number of amides is 1. The Labute approximate surface area is 108 Å². The number of hydrogen-bond acceptors (Lipinski definition) is 3. The molecule has 1 aliphatic heterocycles. The van der Waals surface area contributed by atoms with Gasteiger partial charge in [-0.15, -0.1) is 12.4 Å². The topological polar surface area (TPSA) is 50.2 Å². The van der Waals surface area contributed by atoms with E-state index in [1.54, 1.807) is 10.9 Å². The van der Waals surface area contributed by atoms with Crippen molar-refractivity contribution >= 4 is 18.3 Å². The molecule has 1 aromatic heterocycles. The average Bonchev–Trinajstić information content (AvgIpc) is 2.57. The summed E-state index contributed by atoms with van der Waals surface area (Å²) in [7, 11) is 1.84. The van der Waals surface area contributed by atoms with Gasteiger partial charge in [0.2, 0.25) is 0 Å². The van der Waals surface area contributed by atoms with Crippen LogP contribution in [0.15, 0.2) is 6.20 Å². The van der Waals surface area contributed by atoms with Crippen molar-refractivity contribution in [2.75, 3.05) is 19.6 Å². The standard InChI is InChI=1S/C11H18N4O.ClH/c1-8-6-15(5-4-12-8)11(16)10-7-14(3)13-9(10)2;/h7-8,12H,4-6H2,1-3H3;1H/t8-;/m0./s1. The van der Waals surface area contributed by atoms with Gasteiger partial charge in [0.15, 0.2) is 0 Å². The van der Waals surface area contributed by atoms with Gasteiger partial charge in [-0.3, -0.25) is 9.48 Å². The van der Waals surface area contributed by atoms with E-state index in [1.165, 1.54) is 0 Å². The van der Waals surface area contributed by atoms with Crippen molar-refractivity contribution in [3.05, 3.63) is 17.5 Å². The third-order valence-electron chi connectivity index (χ3n) is 2.90. The van der Waals surface area contributed by atoms with Gasteiger partial charge in [-0.2, -0.15) is 5.10 Å². The highest BCUT2D eigenvalue weighted by Crippen LogP contribution is 2.10. The highest BCUT2D eigenvalue weighted by atomic mass is 35.5. The number of nitrogens with one attached hydrogen (secondary N) is 1. The van der Waals surface area contributed by atoms with Gasteiger partial charge in [-0.05, 0) is 13.8 Å². The minimum Gasteiger partial charge on any atom is -0.336 e. The maximum atomic E-state index is 12.2. The SMILES string of the molecule is Cc1nn(C)cc1C(=O)N1CCN[C@@H](C)C1.Cl. The zero-order valence-corrected chi connectivity index (χ0v) is 11.3. The zero-order valence-electron chi connectivity index (χ0n) is 10.4. The quantitative estimate of drug-likeness (QED) is 0.802. The molecule has 17 heavy (non-hydrogen) atoms. The van der Waals surface area contributed by atoms with Gasteiger partial charge in [0, 0.05) is 38.9 Å². The molecule has 1 aliphatic rings. The monoisotopic (exact) mass is 258 g/mol. The number of aromatic nitrogens is 2. The second kappa shape index (κ2) is 5.51.